The number of aromatic nitrogens is 2. The minimum atomic E-state index is -0.280. The van der Waals surface area contributed by atoms with Crippen molar-refractivity contribution in [2.24, 2.45) is 10.8 Å². The van der Waals surface area contributed by atoms with Gasteiger partial charge in [0.2, 0.25) is 0 Å². The second-order valence-electron chi connectivity index (χ2n) is 10.4. The molecule has 0 amide bonds. The Morgan fingerprint density at radius 3 is 2.59 bits per heavy atom. The molecule has 5 nitrogen and oxygen atoms in total. The lowest BCUT2D eigenvalue weighted by Crippen LogP contribution is -2.33. The van der Waals surface area contributed by atoms with Crippen LogP contribution in [-0.2, 0) is 6.54 Å². The zero-order valence-corrected chi connectivity index (χ0v) is 18.2. The largest absolute Gasteiger partial charge is 0.490 e. The van der Waals surface area contributed by atoms with Crippen molar-refractivity contribution >= 4 is 0 Å². The van der Waals surface area contributed by atoms with Crippen molar-refractivity contribution in [1.82, 2.24) is 9.55 Å². The first-order chi connectivity index (χ1) is 13.6. The molecule has 2 aromatic rings. The summed E-state index contributed by atoms with van der Waals surface area (Å²) >= 11 is 0. The van der Waals surface area contributed by atoms with Gasteiger partial charge in [0, 0.05) is 12.3 Å². The molecule has 1 aliphatic heterocycles. The maximum absolute atomic E-state index is 11.4. The maximum Gasteiger partial charge on any atom is 0.300 e. The Labute approximate surface area is 173 Å². The van der Waals surface area contributed by atoms with Crippen molar-refractivity contribution in [3.63, 3.8) is 0 Å². The Bertz CT molecular complexity index is 945. The fourth-order valence-corrected chi connectivity index (χ4v) is 5.59. The van der Waals surface area contributed by atoms with Gasteiger partial charge in [-0.05, 0) is 66.2 Å². The van der Waals surface area contributed by atoms with Crippen LogP contribution in [0.25, 0.3) is 0 Å². The van der Waals surface area contributed by atoms with Gasteiger partial charge in [0.05, 0.1) is 6.54 Å². The monoisotopic (exact) mass is 396 g/mol. The second-order valence-corrected chi connectivity index (χ2v) is 10.4. The van der Waals surface area contributed by atoms with E-state index in [1.54, 1.807) is 6.20 Å². The highest BCUT2D eigenvalue weighted by Gasteiger charge is 2.39. The number of hydrogen-bond donors (Lipinski definition) is 0. The first kappa shape index (κ1) is 20.0. The zero-order valence-electron chi connectivity index (χ0n) is 18.2. The van der Waals surface area contributed by atoms with Crippen molar-refractivity contribution in [3.05, 3.63) is 51.9 Å². The van der Waals surface area contributed by atoms with Crippen molar-refractivity contribution < 1.29 is 9.47 Å². The molecular weight excluding hydrogens is 364 g/mol. The summed E-state index contributed by atoms with van der Waals surface area (Å²) in [5.41, 5.74) is 3.21. The molecule has 2 heterocycles. The minimum absolute atomic E-state index is 0.135. The van der Waals surface area contributed by atoms with E-state index in [9.17, 15) is 4.79 Å². The molecule has 4 rings (SSSR count). The molecule has 0 N–H and O–H groups in total. The van der Waals surface area contributed by atoms with Gasteiger partial charge in [0.25, 0.3) is 11.6 Å². The number of rotatable bonds is 4. The lowest BCUT2D eigenvalue weighted by atomic mass is 9.60. The fraction of sp³-hybridized carbons (Fsp3) is 0.583. The summed E-state index contributed by atoms with van der Waals surface area (Å²) in [4.78, 5) is 15.2. The minimum Gasteiger partial charge on any atom is -0.490 e. The van der Waals surface area contributed by atoms with Crippen LogP contribution >= 0.6 is 0 Å². The molecule has 29 heavy (non-hydrogen) atoms. The van der Waals surface area contributed by atoms with E-state index in [-0.39, 0.29) is 11.7 Å². The van der Waals surface area contributed by atoms with Crippen LogP contribution in [0, 0.1) is 17.8 Å². The molecule has 0 radical (unpaired) electrons. The Kier molecular flexibility index (Phi) is 4.96. The average molecular weight is 397 g/mol. The number of ether oxygens (including phenoxy) is 2. The number of fused-ring (bicyclic) bond motifs is 1. The third kappa shape index (κ3) is 4.49. The lowest BCUT2D eigenvalue weighted by molar-refractivity contribution is 0.0966. The van der Waals surface area contributed by atoms with Gasteiger partial charge in [-0.15, -0.1) is 0 Å². The highest BCUT2D eigenvalue weighted by molar-refractivity contribution is 5.37. The van der Waals surface area contributed by atoms with Gasteiger partial charge in [0.1, 0.15) is 12.4 Å². The summed E-state index contributed by atoms with van der Waals surface area (Å²) in [6.45, 7) is 12.9. The summed E-state index contributed by atoms with van der Waals surface area (Å²) in [7, 11) is 0. The molecule has 1 aromatic heterocycles. The Morgan fingerprint density at radius 2 is 1.90 bits per heavy atom. The molecule has 2 aliphatic rings. The number of hydrogen-bond acceptors (Lipinski definition) is 4. The van der Waals surface area contributed by atoms with Crippen molar-refractivity contribution in [2.45, 2.75) is 72.4 Å². The Morgan fingerprint density at radius 1 is 1.17 bits per heavy atom. The molecule has 1 atom stereocenters. The Balaban J connectivity index is 1.41. The number of nitrogens with zero attached hydrogens (tertiary/aromatic N) is 2. The van der Waals surface area contributed by atoms with Gasteiger partial charge in [-0.25, -0.2) is 0 Å². The molecule has 1 aromatic carbocycles. The van der Waals surface area contributed by atoms with Crippen LogP contribution in [0.15, 0.2) is 35.3 Å². The fourth-order valence-electron chi connectivity index (χ4n) is 5.59. The average Bonchev–Trinajstić information content (AvgIpc) is 2.99. The first-order valence-corrected chi connectivity index (χ1v) is 10.6. The van der Waals surface area contributed by atoms with Gasteiger partial charge in [-0.3, -0.25) is 9.36 Å². The van der Waals surface area contributed by atoms with Crippen molar-refractivity contribution in [2.75, 3.05) is 6.61 Å². The predicted octanol–water partition coefficient (Wildman–Crippen LogP) is 4.71. The molecular formula is C24H32N2O3. The zero-order chi connectivity index (χ0) is 20.8. The van der Waals surface area contributed by atoms with Crippen LogP contribution < -0.4 is 15.0 Å². The SMILES string of the molecule is Cc1cc(OCC2Cn3ccc(=O)nc3O2)ccc1C1CC(C)(C)CC(C)(C)C1. The molecule has 1 fully saturated rings. The standard InChI is InChI=1S/C24H32N2O3/c1-16-10-18(28-14-19-13-26-9-8-21(27)25-22(26)29-19)6-7-20(16)17-11-23(2,3)15-24(4,5)12-17/h6-10,17,19H,11-15H2,1-5H3. The smallest absolute Gasteiger partial charge is 0.300 e. The maximum atomic E-state index is 11.4. The molecule has 0 bridgehead atoms. The summed E-state index contributed by atoms with van der Waals surface area (Å²) in [6, 6.07) is 8.30. The van der Waals surface area contributed by atoms with Gasteiger partial charge >= 0.3 is 0 Å². The predicted molar refractivity (Wildman–Crippen MR) is 114 cm³/mol. The van der Waals surface area contributed by atoms with Gasteiger partial charge in [-0.1, -0.05) is 33.8 Å². The van der Waals surface area contributed by atoms with Crippen LogP contribution in [0.5, 0.6) is 11.8 Å². The molecule has 1 saturated carbocycles. The molecule has 5 heteroatoms. The van der Waals surface area contributed by atoms with Crippen LogP contribution in [0.4, 0.5) is 0 Å². The molecule has 1 aliphatic carbocycles. The van der Waals surface area contributed by atoms with E-state index in [2.05, 4.69) is 57.8 Å². The summed E-state index contributed by atoms with van der Waals surface area (Å²) in [5, 5.41) is 0. The van der Waals surface area contributed by atoms with E-state index in [0.29, 0.717) is 35.9 Å². The molecule has 0 spiro atoms. The normalized spacial score (nSPS) is 22.7. The molecule has 0 saturated heterocycles. The third-order valence-electron chi connectivity index (χ3n) is 6.19. The molecule has 1 unspecified atom stereocenters. The van der Waals surface area contributed by atoms with Crippen LogP contribution in [0.2, 0.25) is 0 Å². The summed E-state index contributed by atoms with van der Waals surface area (Å²) in [6.07, 6.45) is 5.33. The van der Waals surface area contributed by atoms with Crippen LogP contribution in [-0.4, -0.2) is 22.3 Å². The Hall–Kier alpha value is -2.30. The summed E-state index contributed by atoms with van der Waals surface area (Å²) < 4.78 is 13.6. The van der Waals surface area contributed by atoms with Crippen molar-refractivity contribution in [3.8, 4) is 11.8 Å². The van der Waals surface area contributed by atoms with E-state index >= 15 is 0 Å². The van der Waals surface area contributed by atoms with E-state index in [1.165, 1.54) is 36.5 Å². The topological polar surface area (TPSA) is 53.4 Å². The summed E-state index contributed by atoms with van der Waals surface area (Å²) in [5.74, 6) is 1.46. The molecule has 156 valence electrons. The van der Waals surface area contributed by atoms with E-state index in [4.69, 9.17) is 9.47 Å². The van der Waals surface area contributed by atoms with E-state index < -0.39 is 0 Å². The van der Waals surface area contributed by atoms with Crippen LogP contribution in [0.3, 0.4) is 0 Å². The lowest BCUT2D eigenvalue weighted by Gasteiger charge is -2.45. The van der Waals surface area contributed by atoms with Crippen LogP contribution in [0.1, 0.15) is 64.0 Å². The number of benzene rings is 1. The first-order valence-electron chi connectivity index (χ1n) is 10.6. The van der Waals surface area contributed by atoms with Crippen molar-refractivity contribution in [1.29, 1.82) is 0 Å². The quantitative estimate of drug-likeness (QED) is 0.751. The highest BCUT2D eigenvalue weighted by Crippen LogP contribution is 2.52. The van der Waals surface area contributed by atoms with E-state index in [0.717, 1.165) is 5.75 Å². The highest BCUT2D eigenvalue weighted by atomic mass is 16.6. The van der Waals surface area contributed by atoms with Gasteiger partial charge < -0.3 is 9.47 Å². The van der Waals surface area contributed by atoms with Gasteiger partial charge in [0.15, 0.2) is 6.10 Å². The van der Waals surface area contributed by atoms with Gasteiger partial charge in [-0.2, -0.15) is 4.98 Å². The van der Waals surface area contributed by atoms with E-state index in [1.807, 2.05) is 4.57 Å². The number of aryl methyl sites for hydroxylation is 1. The third-order valence-corrected chi connectivity index (χ3v) is 6.19. The second kappa shape index (κ2) is 7.19.